The Balaban J connectivity index is 1.72. The number of rotatable bonds is 4. The molecule has 105 valence electrons. The number of benzene rings is 3. The number of aryl methyl sites for hydroxylation is 2. The van der Waals surface area contributed by atoms with Gasteiger partial charge in [0.15, 0.2) is 0 Å². The van der Waals surface area contributed by atoms with Crippen LogP contribution in [0.15, 0.2) is 60.7 Å². The summed E-state index contributed by atoms with van der Waals surface area (Å²) in [5, 5.41) is 2.70. The smallest absolute Gasteiger partial charge is 0.0152 e. The van der Waals surface area contributed by atoms with Gasteiger partial charge in [-0.1, -0.05) is 66.2 Å². The van der Waals surface area contributed by atoms with Crippen LogP contribution in [-0.2, 0) is 12.8 Å². The van der Waals surface area contributed by atoms with Gasteiger partial charge < -0.3 is 0 Å². The molecule has 0 saturated carbocycles. The molecule has 0 heteroatoms. The summed E-state index contributed by atoms with van der Waals surface area (Å²) in [5.41, 5.74) is 5.58. The minimum atomic E-state index is 1.02. The van der Waals surface area contributed by atoms with E-state index >= 15 is 0 Å². The van der Waals surface area contributed by atoms with Gasteiger partial charge in [0.05, 0.1) is 0 Å². The standard InChI is InChI=1S/C21H21/c1-16-13-14-18(17(2)15-16)8-5-9-20-11-6-10-19-7-3-4-12-21(19)20/h3-7,10-15H,8-9H2,1-2H3. The van der Waals surface area contributed by atoms with Crippen LogP contribution in [0.1, 0.15) is 22.3 Å². The van der Waals surface area contributed by atoms with E-state index < -0.39 is 0 Å². The highest BCUT2D eigenvalue weighted by molar-refractivity contribution is 5.85. The minimum Gasteiger partial charge on any atom is -0.0616 e. The Morgan fingerprint density at radius 2 is 1.52 bits per heavy atom. The van der Waals surface area contributed by atoms with Crippen molar-refractivity contribution in [1.82, 2.24) is 0 Å². The average molecular weight is 273 g/mol. The molecule has 0 heterocycles. The molecule has 0 aliphatic carbocycles. The van der Waals surface area contributed by atoms with Crippen LogP contribution in [0.25, 0.3) is 10.8 Å². The first kappa shape index (κ1) is 13.9. The zero-order valence-electron chi connectivity index (χ0n) is 12.8. The van der Waals surface area contributed by atoms with Crippen LogP contribution in [0, 0.1) is 20.3 Å². The predicted molar refractivity (Wildman–Crippen MR) is 91.6 cm³/mol. The summed E-state index contributed by atoms with van der Waals surface area (Å²) in [6, 6.07) is 21.9. The van der Waals surface area contributed by atoms with Crippen molar-refractivity contribution < 1.29 is 0 Å². The molecule has 0 aliphatic rings. The van der Waals surface area contributed by atoms with Gasteiger partial charge in [0.25, 0.3) is 0 Å². The van der Waals surface area contributed by atoms with Gasteiger partial charge in [-0.05, 0) is 60.6 Å². The fourth-order valence-corrected chi connectivity index (χ4v) is 2.93. The van der Waals surface area contributed by atoms with Gasteiger partial charge in [-0.3, -0.25) is 0 Å². The first-order chi connectivity index (χ1) is 10.2. The van der Waals surface area contributed by atoms with Crippen LogP contribution >= 0.6 is 0 Å². The van der Waals surface area contributed by atoms with Gasteiger partial charge in [0.1, 0.15) is 0 Å². The monoisotopic (exact) mass is 273 g/mol. The van der Waals surface area contributed by atoms with Gasteiger partial charge >= 0.3 is 0 Å². The molecule has 0 fully saturated rings. The van der Waals surface area contributed by atoms with Gasteiger partial charge in [-0.2, -0.15) is 0 Å². The molecule has 0 bridgehead atoms. The van der Waals surface area contributed by atoms with Gasteiger partial charge in [-0.15, -0.1) is 0 Å². The van der Waals surface area contributed by atoms with E-state index in [0.29, 0.717) is 0 Å². The van der Waals surface area contributed by atoms with Crippen LogP contribution in [0.3, 0.4) is 0 Å². The molecule has 0 aromatic heterocycles. The first-order valence-corrected chi connectivity index (χ1v) is 7.58. The van der Waals surface area contributed by atoms with E-state index in [1.54, 1.807) is 0 Å². The highest BCUT2D eigenvalue weighted by Crippen LogP contribution is 2.20. The molecule has 0 nitrogen and oxygen atoms in total. The van der Waals surface area contributed by atoms with E-state index in [4.69, 9.17) is 0 Å². The van der Waals surface area contributed by atoms with Crippen molar-refractivity contribution in [2.45, 2.75) is 26.7 Å². The van der Waals surface area contributed by atoms with E-state index in [1.165, 1.54) is 33.0 Å². The molecule has 3 aromatic carbocycles. The Labute approximate surface area is 127 Å². The van der Waals surface area contributed by atoms with Crippen LogP contribution in [0.2, 0.25) is 0 Å². The zero-order chi connectivity index (χ0) is 14.7. The quantitative estimate of drug-likeness (QED) is 0.593. The Morgan fingerprint density at radius 3 is 2.38 bits per heavy atom. The lowest BCUT2D eigenvalue weighted by atomic mass is 9.96. The number of hydrogen-bond donors (Lipinski definition) is 0. The molecule has 0 saturated heterocycles. The molecular weight excluding hydrogens is 252 g/mol. The second kappa shape index (κ2) is 6.13. The summed E-state index contributed by atoms with van der Waals surface area (Å²) in [5.74, 6) is 0. The molecule has 0 amide bonds. The summed E-state index contributed by atoms with van der Waals surface area (Å²) in [4.78, 5) is 0. The molecule has 0 atom stereocenters. The topological polar surface area (TPSA) is 0 Å². The van der Waals surface area contributed by atoms with Crippen molar-refractivity contribution in [3.63, 3.8) is 0 Å². The second-order valence-corrected chi connectivity index (χ2v) is 5.77. The first-order valence-electron chi connectivity index (χ1n) is 7.58. The van der Waals surface area contributed by atoms with Crippen LogP contribution in [0.4, 0.5) is 0 Å². The van der Waals surface area contributed by atoms with E-state index in [1.807, 2.05) is 0 Å². The molecule has 3 aromatic rings. The van der Waals surface area contributed by atoms with Crippen LogP contribution in [0.5, 0.6) is 0 Å². The van der Waals surface area contributed by atoms with E-state index in [2.05, 4.69) is 80.9 Å². The number of hydrogen-bond acceptors (Lipinski definition) is 0. The summed E-state index contributed by atoms with van der Waals surface area (Å²) in [6.07, 6.45) is 4.45. The maximum atomic E-state index is 2.39. The second-order valence-electron chi connectivity index (χ2n) is 5.77. The molecule has 3 rings (SSSR count). The molecule has 1 radical (unpaired) electrons. The van der Waals surface area contributed by atoms with Crippen LogP contribution in [-0.4, -0.2) is 0 Å². The molecule has 0 unspecified atom stereocenters. The fourth-order valence-electron chi connectivity index (χ4n) is 2.93. The highest BCUT2D eigenvalue weighted by Gasteiger charge is 2.02. The highest BCUT2D eigenvalue weighted by atomic mass is 14.1. The third-order valence-corrected chi connectivity index (χ3v) is 4.11. The summed E-state index contributed by atoms with van der Waals surface area (Å²) < 4.78 is 0. The lowest BCUT2D eigenvalue weighted by Crippen LogP contribution is -1.95. The van der Waals surface area contributed by atoms with Crippen molar-refractivity contribution in [3.05, 3.63) is 89.3 Å². The zero-order valence-corrected chi connectivity index (χ0v) is 12.8. The molecule has 0 N–H and O–H groups in total. The maximum absolute atomic E-state index is 2.39. The average Bonchev–Trinajstić information content (AvgIpc) is 2.50. The van der Waals surface area contributed by atoms with E-state index in [-0.39, 0.29) is 0 Å². The summed E-state index contributed by atoms with van der Waals surface area (Å²) in [6.45, 7) is 4.35. The SMILES string of the molecule is Cc1ccc(C[CH]Cc2cccc3ccccc23)c(C)c1. The predicted octanol–water partition coefficient (Wildman–Crippen LogP) is 5.45. The molecule has 0 spiro atoms. The molecule has 21 heavy (non-hydrogen) atoms. The van der Waals surface area contributed by atoms with Crippen molar-refractivity contribution in [3.8, 4) is 0 Å². The molecule has 0 aliphatic heterocycles. The normalized spacial score (nSPS) is 11.0. The Morgan fingerprint density at radius 1 is 0.762 bits per heavy atom. The lowest BCUT2D eigenvalue weighted by Gasteiger charge is -2.08. The minimum absolute atomic E-state index is 1.02. The third-order valence-electron chi connectivity index (χ3n) is 4.11. The summed E-state index contributed by atoms with van der Waals surface area (Å²) in [7, 11) is 0. The number of fused-ring (bicyclic) bond motifs is 1. The lowest BCUT2D eigenvalue weighted by molar-refractivity contribution is 1.02. The van der Waals surface area contributed by atoms with Crippen molar-refractivity contribution in [1.29, 1.82) is 0 Å². The Hall–Kier alpha value is -2.08. The van der Waals surface area contributed by atoms with Crippen LogP contribution < -0.4 is 0 Å². The van der Waals surface area contributed by atoms with Gasteiger partial charge in [-0.25, -0.2) is 0 Å². The van der Waals surface area contributed by atoms with Gasteiger partial charge in [0, 0.05) is 0 Å². The van der Waals surface area contributed by atoms with Crippen molar-refractivity contribution in [2.75, 3.05) is 0 Å². The van der Waals surface area contributed by atoms with E-state index in [0.717, 1.165) is 12.8 Å². The molecular formula is C21H21. The third kappa shape index (κ3) is 3.16. The Kier molecular flexibility index (Phi) is 4.06. The van der Waals surface area contributed by atoms with Gasteiger partial charge in [0.2, 0.25) is 0 Å². The maximum Gasteiger partial charge on any atom is -0.0152 e. The van der Waals surface area contributed by atoms with E-state index in [9.17, 15) is 0 Å². The summed E-state index contributed by atoms with van der Waals surface area (Å²) >= 11 is 0. The Bertz CT molecular complexity index is 748. The van der Waals surface area contributed by atoms with Crippen molar-refractivity contribution in [2.24, 2.45) is 0 Å². The van der Waals surface area contributed by atoms with Crippen molar-refractivity contribution >= 4 is 10.8 Å². The largest absolute Gasteiger partial charge is 0.0616 e. The fraction of sp³-hybridized carbons (Fsp3) is 0.190.